The molecule has 1 aliphatic heterocycles. The highest BCUT2D eigenvalue weighted by molar-refractivity contribution is 8.26. The molecule has 1 aliphatic rings. The molecule has 2 heterocycles. The number of thioether (sulfide) groups is 1. The summed E-state index contributed by atoms with van der Waals surface area (Å²) in [7, 11) is 0. The normalized spacial score (nSPS) is 17.0. The zero-order valence-electron chi connectivity index (χ0n) is 11.4. The number of amides is 1. The van der Waals surface area contributed by atoms with E-state index < -0.39 is 5.97 Å². The van der Waals surface area contributed by atoms with Crippen LogP contribution in [0.15, 0.2) is 23.2 Å². The number of rotatable bonds is 7. The van der Waals surface area contributed by atoms with E-state index in [-0.39, 0.29) is 12.3 Å². The highest BCUT2D eigenvalue weighted by Gasteiger charge is 2.31. The number of carbonyl (C=O) groups excluding carboxylic acids is 1. The van der Waals surface area contributed by atoms with E-state index in [4.69, 9.17) is 17.3 Å². The lowest BCUT2D eigenvalue weighted by Gasteiger charge is -2.13. The van der Waals surface area contributed by atoms with E-state index >= 15 is 0 Å². The Labute approximate surface area is 132 Å². The van der Waals surface area contributed by atoms with E-state index in [1.165, 1.54) is 11.8 Å². The van der Waals surface area contributed by atoms with Gasteiger partial charge in [-0.3, -0.25) is 14.5 Å². The van der Waals surface area contributed by atoms with Gasteiger partial charge < -0.3 is 10.1 Å². The standard InChI is InChI=1S/C14H16N2O3S2/c17-12(18)6-2-1-3-8-16-13(19)11(21-14(16)20)9-10-5-4-7-15-10/h4-5,7,9,15H,1-3,6,8H2,(H,17,18). The Morgan fingerprint density at radius 1 is 1.43 bits per heavy atom. The third-order valence-electron chi connectivity index (χ3n) is 3.05. The Hall–Kier alpha value is -1.60. The number of nitrogens with one attached hydrogen (secondary N) is 1. The molecule has 1 aromatic heterocycles. The van der Waals surface area contributed by atoms with E-state index in [1.54, 1.807) is 17.2 Å². The van der Waals surface area contributed by atoms with Crippen LogP contribution < -0.4 is 0 Å². The van der Waals surface area contributed by atoms with Gasteiger partial charge in [0.1, 0.15) is 4.32 Å². The molecule has 0 atom stereocenters. The lowest BCUT2D eigenvalue weighted by molar-refractivity contribution is -0.137. The topological polar surface area (TPSA) is 73.4 Å². The van der Waals surface area contributed by atoms with E-state index in [2.05, 4.69) is 4.98 Å². The Kier molecular flexibility index (Phi) is 5.58. The van der Waals surface area contributed by atoms with Crippen molar-refractivity contribution in [3.63, 3.8) is 0 Å². The fraction of sp³-hybridized carbons (Fsp3) is 0.357. The summed E-state index contributed by atoms with van der Waals surface area (Å²) in [6, 6.07) is 3.76. The molecular weight excluding hydrogens is 308 g/mol. The number of nitrogens with zero attached hydrogens (tertiary/aromatic N) is 1. The van der Waals surface area contributed by atoms with Crippen molar-refractivity contribution in [2.75, 3.05) is 6.54 Å². The fourth-order valence-corrected chi connectivity index (χ4v) is 3.29. The second kappa shape index (κ2) is 7.42. The first kappa shape index (κ1) is 15.8. The zero-order chi connectivity index (χ0) is 15.2. The maximum absolute atomic E-state index is 12.3. The summed E-state index contributed by atoms with van der Waals surface area (Å²) in [4.78, 5) is 27.9. The van der Waals surface area contributed by atoms with Crippen LogP contribution in [0.2, 0.25) is 0 Å². The number of aromatic nitrogens is 1. The monoisotopic (exact) mass is 324 g/mol. The van der Waals surface area contributed by atoms with Gasteiger partial charge in [0.05, 0.1) is 4.91 Å². The minimum Gasteiger partial charge on any atom is -0.481 e. The molecular formula is C14H16N2O3S2. The zero-order valence-corrected chi connectivity index (χ0v) is 13.0. The Bertz CT molecular complexity index is 567. The molecule has 2 N–H and O–H groups in total. The van der Waals surface area contributed by atoms with Crippen molar-refractivity contribution in [2.24, 2.45) is 0 Å². The molecule has 7 heteroatoms. The van der Waals surface area contributed by atoms with Crippen LogP contribution in [0.5, 0.6) is 0 Å². The van der Waals surface area contributed by atoms with E-state index in [9.17, 15) is 9.59 Å². The van der Waals surface area contributed by atoms with Crippen molar-refractivity contribution >= 4 is 46.3 Å². The van der Waals surface area contributed by atoms with Crippen LogP contribution in [-0.4, -0.2) is 37.7 Å². The number of carbonyl (C=O) groups is 2. The van der Waals surface area contributed by atoms with Gasteiger partial charge >= 0.3 is 5.97 Å². The minimum atomic E-state index is -0.783. The van der Waals surface area contributed by atoms with Crippen LogP contribution in [0, 0.1) is 0 Å². The molecule has 112 valence electrons. The molecule has 0 bridgehead atoms. The van der Waals surface area contributed by atoms with Crippen LogP contribution in [0.25, 0.3) is 6.08 Å². The Balaban J connectivity index is 1.86. The van der Waals surface area contributed by atoms with Crippen LogP contribution in [-0.2, 0) is 9.59 Å². The first-order chi connectivity index (χ1) is 10.1. The molecule has 2 rings (SSSR count). The van der Waals surface area contributed by atoms with Gasteiger partial charge in [-0.15, -0.1) is 0 Å². The summed E-state index contributed by atoms with van der Waals surface area (Å²) in [6.45, 7) is 0.548. The molecule has 0 unspecified atom stereocenters. The average Bonchev–Trinajstić information content (AvgIpc) is 3.01. The number of aliphatic carboxylic acids is 1. The summed E-state index contributed by atoms with van der Waals surface area (Å²) >= 11 is 6.54. The van der Waals surface area contributed by atoms with Gasteiger partial charge in [-0.2, -0.15) is 0 Å². The number of aromatic amines is 1. The van der Waals surface area contributed by atoms with Gasteiger partial charge in [0.15, 0.2) is 0 Å². The maximum Gasteiger partial charge on any atom is 0.303 e. The van der Waals surface area contributed by atoms with Crippen LogP contribution in [0.4, 0.5) is 0 Å². The first-order valence-corrected chi connectivity index (χ1v) is 7.91. The second-order valence-electron chi connectivity index (χ2n) is 4.66. The SMILES string of the molecule is O=C(O)CCCCCN1C(=O)C(=Cc2ccc[nH]2)SC1=S. The predicted molar refractivity (Wildman–Crippen MR) is 86.8 cm³/mol. The third kappa shape index (κ3) is 4.44. The van der Waals surface area contributed by atoms with Gasteiger partial charge in [-0.05, 0) is 31.1 Å². The number of hydrogen-bond acceptors (Lipinski definition) is 4. The third-order valence-corrected chi connectivity index (χ3v) is 4.43. The molecule has 0 saturated carbocycles. The molecule has 1 amide bonds. The maximum atomic E-state index is 12.3. The highest BCUT2D eigenvalue weighted by Crippen LogP contribution is 2.32. The first-order valence-electron chi connectivity index (χ1n) is 6.68. The summed E-state index contributed by atoms with van der Waals surface area (Å²) in [5, 5.41) is 8.57. The second-order valence-corrected chi connectivity index (χ2v) is 6.34. The molecule has 0 spiro atoms. The van der Waals surface area contributed by atoms with E-state index in [0.29, 0.717) is 22.2 Å². The van der Waals surface area contributed by atoms with Gasteiger partial charge in [0, 0.05) is 24.9 Å². The van der Waals surface area contributed by atoms with Crippen molar-refractivity contribution in [1.29, 1.82) is 0 Å². The lowest BCUT2D eigenvalue weighted by atomic mass is 10.2. The predicted octanol–water partition coefficient (Wildman–Crippen LogP) is 2.86. The number of H-pyrrole nitrogens is 1. The van der Waals surface area contributed by atoms with Crippen molar-refractivity contribution in [3.05, 3.63) is 28.9 Å². The van der Waals surface area contributed by atoms with E-state index in [0.717, 1.165) is 18.5 Å². The van der Waals surface area contributed by atoms with Gasteiger partial charge in [0.25, 0.3) is 5.91 Å². The number of unbranched alkanes of at least 4 members (excludes halogenated alkanes) is 2. The van der Waals surface area contributed by atoms with Crippen LogP contribution in [0.1, 0.15) is 31.4 Å². The largest absolute Gasteiger partial charge is 0.481 e. The summed E-state index contributed by atoms with van der Waals surface area (Å²) in [5.41, 5.74) is 0.872. The minimum absolute atomic E-state index is 0.0714. The molecule has 1 fully saturated rings. The van der Waals surface area contributed by atoms with Gasteiger partial charge in [0.2, 0.25) is 0 Å². The molecule has 0 aromatic carbocycles. The number of carboxylic acid groups (broad SMARTS) is 1. The van der Waals surface area contributed by atoms with Crippen LogP contribution >= 0.6 is 24.0 Å². The van der Waals surface area contributed by atoms with Gasteiger partial charge in [-0.25, -0.2) is 0 Å². The Morgan fingerprint density at radius 2 is 2.24 bits per heavy atom. The Morgan fingerprint density at radius 3 is 2.90 bits per heavy atom. The van der Waals surface area contributed by atoms with Crippen molar-refractivity contribution in [1.82, 2.24) is 9.88 Å². The molecule has 1 aromatic rings. The number of thiocarbonyl (C=S) groups is 1. The number of carboxylic acids is 1. The average molecular weight is 324 g/mol. The van der Waals surface area contributed by atoms with Gasteiger partial charge in [-0.1, -0.05) is 30.4 Å². The van der Waals surface area contributed by atoms with Crippen molar-refractivity contribution in [2.45, 2.75) is 25.7 Å². The quantitative estimate of drug-likeness (QED) is 0.458. The van der Waals surface area contributed by atoms with Crippen molar-refractivity contribution < 1.29 is 14.7 Å². The smallest absolute Gasteiger partial charge is 0.303 e. The lowest BCUT2D eigenvalue weighted by Crippen LogP contribution is -2.29. The summed E-state index contributed by atoms with van der Waals surface area (Å²) in [5.74, 6) is -0.854. The molecule has 5 nitrogen and oxygen atoms in total. The molecule has 21 heavy (non-hydrogen) atoms. The van der Waals surface area contributed by atoms with Crippen molar-refractivity contribution in [3.8, 4) is 0 Å². The summed E-state index contributed by atoms with van der Waals surface area (Å²) < 4.78 is 0.566. The van der Waals surface area contributed by atoms with Crippen LogP contribution in [0.3, 0.4) is 0 Å². The molecule has 0 radical (unpaired) electrons. The van der Waals surface area contributed by atoms with E-state index in [1.807, 2.05) is 12.1 Å². The highest BCUT2D eigenvalue weighted by atomic mass is 32.2. The number of hydrogen-bond donors (Lipinski definition) is 2. The fourth-order valence-electron chi connectivity index (χ4n) is 1.99. The summed E-state index contributed by atoms with van der Waals surface area (Å²) in [6.07, 6.45) is 5.93. The molecule has 1 saturated heterocycles. The molecule has 0 aliphatic carbocycles.